The first-order valence-corrected chi connectivity index (χ1v) is 11.3. The van der Waals surface area contributed by atoms with Gasteiger partial charge in [0, 0.05) is 21.3 Å². The maximum atomic E-state index is 12.6. The lowest BCUT2D eigenvalue weighted by Crippen LogP contribution is -2.14. The fourth-order valence-corrected chi connectivity index (χ4v) is 3.96. The first-order valence-electron chi connectivity index (χ1n) is 9.17. The Kier molecular flexibility index (Phi) is 7.21. The van der Waals surface area contributed by atoms with Gasteiger partial charge in [0.1, 0.15) is 22.3 Å². The molecule has 0 fully saturated rings. The number of hydrogen-bond donors (Lipinski definition) is 1. The van der Waals surface area contributed by atoms with Crippen LogP contribution in [0.15, 0.2) is 77.2 Å². The molecule has 0 atom stereocenters. The second kappa shape index (κ2) is 9.88. The van der Waals surface area contributed by atoms with Gasteiger partial charge in [-0.1, -0.05) is 35.3 Å². The van der Waals surface area contributed by atoms with Crippen LogP contribution in [0.2, 0.25) is 10.0 Å². The number of benzene rings is 3. The van der Waals surface area contributed by atoms with Gasteiger partial charge in [-0.05, 0) is 73.2 Å². The number of aryl methyl sites for hydroxylation is 1. The van der Waals surface area contributed by atoms with E-state index in [1.807, 2.05) is 19.1 Å². The van der Waals surface area contributed by atoms with Crippen molar-refractivity contribution in [3.63, 3.8) is 0 Å². The minimum atomic E-state index is -4.20. The average Bonchev–Trinajstić information content (AvgIpc) is 2.74. The number of hydrogen-bond acceptors (Lipinski definition) is 5. The largest absolute Gasteiger partial charge is 0.378 e. The summed E-state index contributed by atoms with van der Waals surface area (Å²) in [6, 6.07) is 18.5. The third kappa shape index (κ3) is 5.89. The molecule has 3 aromatic carbocycles. The van der Waals surface area contributed by atoms with Gasteiger partial charge in [-0.3, -0.25) is 4.79 Å². The highest BCUT2D eigenvalue weighted by Gasteiger charge is 2.19. The predicted octanol–water partition coefficient (Wildman–Crippen LogP) is 5.62. The molecule has 0 aliphatic carbocycles. The molecule has 9 heteroatoms. The third-order valence-corrected chi connectivity index (χ3v) is 5.95. The Morgan fingerprint density at radius 3 is 2.38 bits per heavy atom. The summed E-state index contributed by atoms with van der Waals surface area (Å²) in [5.74, 6) is -0.759. The molecule has 0 heterocycles. The lowest BCUT2D eigenvalue weighted by atomic mass is 10.1. The van der Waals surface area contributed by atoms with E-state index >= 15 is 0 Å². The Hall–Kier alpha value is -3.31. The molecule has 3 rings (SSSR count). The van der Waals surface area contributed by atoms with Crippen LogP contribution in [0.3, 0.4) is 0 Å². The van der Waals surface area contributed by atoms with Crippen molar-refractivity contribution in [3.05, 3.63) is 93.5 Å². The Balaban J connectivity index is 1.94. The number of carbonyl (C=O) groups excluding carboxylic acids is 1. The van der Waals surface area contributed by atoms with E-state index in [0.717, 1.165) is 5.56 Å². The van der Waals surface area contributed by atoms with Gasteiger partial charge in [0.25, 0.3) is 5.91 Å². The molecule has 0 radical (unpaired) electrons. The van der Waals surface area contributed by atoms with Gasteiger partial charge in [0.2, 0.25) is 0 Å². The topological polar surface area (TPSA) is 96.3 Å². The second-order valence-corrected chi connectivity index (χ2v) is 9.09. The summed E-state index contributed by atoms with van der Waals surface area (Å²) in [5.41, 5.74) is 1.33. The van der Waals surface area contributed by atoms with Crippen LogP contribution < -0.4 is 9.50 Å². The maximum absolute atomic E-state index is 12.6. The molecule has 0 saturated heterocycles. The zero-order valence-electron chi connectivity index (χ0n) is 16.7. The summed E-state index contributed by atoms with van der Waals surface area (Å²) in [4.78, 5) is 12.5. The Morgan fingerprint density at radius 1 is 1.03 bits per heavy atom. The smallest absolute Gasteiger partial charge is 0.339 e. The fourth-order valence-electron chi connectivity index (χ4n) is 2.70. The van der Waals surface area contributed by atoms with Gasteiger partial charge >= 0.3 is 10.1 Å². The zero-order chi connectivity index (χ0) is 23.3. The molecule has 0 aliphatic rings. The van der Waals surface area contributed by atoms with Crippen molar-refractivity contribution in [2.45, 2.75) is 11.8 Å². The molecule has 0 unspecified atom stereocenters. The first kappa shape index (κ1) is 23.4. The van der Waals surface area contributed by atoms with Gasteiger partial charge in [0.15, 0.2) is 0 Å². The first-order chi connectivity index (χ1) is 15.2. The molecule has 0 bridgehead atoms. The Bertz CT molecular complexity index is 1350. The molecular formula is C23H16Cl2N2O4S. The van der Waals surface area contributed by atoms with Crippen molar-refractivity contribution < 1.29 is 17.4 Å². The van der Waals surface area contributed by atoms with E-state index in [1.165, 1.54) is 48.5 Å². The van der Waals surface area contributed by atoms with Crippen molar-refractivity contribution in [3.8, 4) is 11.8 Å². The highest BCUT2D eigenvalue weighted by Crippen LogP contribution is 2.29. The van der Waals surface area contributed by atoms with Crippen molar-refractivity contribution in [1.29, 1.82) is 5.26 Å². The van der Waals surface area contributed by atoms with Crippen molar-refractivity contribution in [1.82, 2.24) is 0 Å². The summed E-state index contributed by atoms with van der Waals surface area (Å²) < 4.78 is 30.6. The minimum absolute atomic E-state index is 0.0968. The van der Waals surface area contributed by atoms with E-state index in [4.69, 9.17) is 27.4 Å². The van der Waals surface area contributed by atoms with Gasteiger partial charge in [0.05, 0.1) is 0 Å². The van der Waals surface area contributed by atoms with E-state index in [0.29, 0.717) is 10.7 Å². The second-order valence-electron chi connectivity index (χ2n) is 6.67. The number of rotatable bonds is 6. The van der Waals surface area contributed by atoms with E-state index in [9.17, 15) is 18.5 Å². The normalized spacial score (nSPS) is 11.5. The lowest BCUT2D eigenvalue weighted by molar-refractivity contribution is -0.112. The number of nitrogens with one attached hydrogen (secondary N) is 1. The molecule has 0 saturated carbocycles. The molecule has 3 aromatic rings. The minimum Gasteiger partial charge on any atom is -0.378 e. The third-order valence-electron chi connectivity index (χ3n) is 4.21. The molecule has 32 heavy (non-hydrogen) atoms. The van der Waals surface area contributed by atoms with Crippen LogP contribution in [0.25, 0.3) is 6.08 Å². The van der Waals surface area contributed by atoms with Crippen LogP contribution in [0, 0.1) is 18.3 Å². The molecular weight excluding hydrogens is 471 g/mol. The van der Waals surface area contributed by atoms with Crippen LogP contribution in [-0.4, -0.2) is 14.3 Å². The molecule has 1 amide bonds. The summed E-state index contributed by atoms with van der Waals surface area (Å²) in [5, 5.41) is 12.8. The van der Waals surface area contributed by atoms with E-state index < -0.39 is 16.0 Å². The van der Waals surface area contributed by atoms with Gasteiger partial charge < -0.3 is 9.50 Å². The molecule has 0 aliphatic heterocycles. The lowest BCUT2D eigenvalue weighted by Gasteiger charge is -2.11. The van der Waals surface area contributed by atoms with Crippen molar-refractivity contribution >= 4 is 51.0 Å². The summed E-state index contributed by atoms with van der Waals surface area (Å²) in [6.07, 6.45) is 1.21. The molecule has 0 spiro atoms. The van der Waals surface area contributed by atoms with Crippen LogP contribution in [0.5, 0.6) is 5.75 Å². The Morgan fingerprint density at radius 2 is 1.72 bits per heavy atom. The Labute approximate surface area is 195 Å². The molecule has 1 N–H and O–H groups in total. The summed E-state index contributed by atoms with van der Waals surface area (Å²) >= 11 is 11.9. The van der Waals surface area contributed by atoms with Gasteiger partial charge in [-0.15, -0.1) is 0 Å². The van der Waals surface area contributed by atoms with E-state index in [-0.39, 0.29) is 26.8 Å². The van der Waals surface area contributed by atoms with E-state index in [2.05, 4.69) is 5.32 Å². The van der Waals surface area contributed by atoms with Crippen molar-refractivity contribution in [2.24, 2.45) is 0 Å². The van der Waals surface area contributed by atoms with Crippen LogP contribution in [0.4, 0.5) is 5.69 Å². The number of halogens is 2. The number of amides is 1. The van der Waals surface area contributed by atoms with Gasteiger partial charge in [-0.25, -0.2) is 0 Å². The quantitative estimate of drug-likeness (QED) is 0.277. The zero-order valence-corrected chi connectivity index (χ0v) is 19.0. The summed E-state index contributed by atoms with van der Waals surface area (Å²) in [7, 11) is -4.20. The van der Waals surface area contributed by atoms with Crippen LogP contribution in [0.1, 0.15) is 11.1 Å². The van der Waals surface area contributed by atoms with E-state index in [1.54, 1.807) is 18.2 Å². The maximum Gasteiger partial charge on any atom is 0.339 e. The molecule has 0 aromatic heterocycles. The average molecular weight is 487 g/mol. The SMILES string of the molecule is Cc1cccc(NC(=O)/C(C#N)=C/c2cc(Cl)ccc2OS(=O)(=O)c2ccc(Cl)cc2)c1. The number of nitrogens with zero attached hydrogens (tertiary/aromatic N) is 1. The number of carbonyl (C=O) groups is 1. The van der Waals surface area contributed by atoms with Crippen molar-refractivity contribution in [2.75, 3.05) is 5.32 Å². The van der Waals surface area contributed by atoms with Gasteiger partial charge in [-0.2, -0.15) is 13.7 Å². The van der Waals surface area contributed by atoms with Crippen LogP contribution >= 0.6 is 23.2 Å². The monoisotopic (exact) mass is 486 g/mol. The summed E-state index contributed by atoms with van der Waals surface area (Å²) in [6.45, 7) is 1.87. The standard InChI is InChI=1S/C23H16Cl2N2O4S/c1-15-3-2-4-20(11-15)27-23(28)17(14-26)12-16-13-19(25)7-10-22(16)31-32(29,30)21-8-5-18(24)6-9-21/h2-13H,1H3,(H,27,28)/b17-12+. The highest BCUT2D eigenvalue weighted by molar-refractivity contribution is 7.87. The molecule has 162 valence electrons. The fraction of sp³-hybridized carbons (Fsp3) is 0.0435. The number of nitriles is 1. The predicted molar refractivity (Wildman–Crippen MR) is 124 cm³/mol. The van der Waals surface area contributed by atoms with Crippen LogP contribution in [-0.2, 0) is 14.9 Å². The number of anilines is 1. The molecule has 6 nitrogen and oxygen atoms in total. The highest BCUT2D eigenvalue weighted by atomic mass is 35.5.